The molecule has 0 aliphatic carbocycles. The standard InChI is InChI=1S/C14H13F2NO2/c1-19-14-4-2-3-12(17-14)13(18)8-9-7-10(15)5-6-11(9)16/h2-7,13,18H,8H2,1H3. The van der Waals surface area contributed by atoms with Gasteiger partial charge >= 0.3 is 0 Å². The van der Waals surface area contributed by atoms with Crippen molar-refractivity contribution < 1.29 is 18.6 Å². The van der Waals surface area contributed by atoms with Crippen LogP contribution >= 0.6 is 0 Å². The fraction of sp³-hybridized carbons (Fsp3) is 0.214. The second-order valence-electron chi connectivity index (χ2n) is 4.06. The number of pyridine rings is 1. The van der Waals surface area contributed by atoms with Gasteiger partial charge in [-0.2, -0.15) is 0 Å². The summed E-state index contributed by atoms with van der Waals surface area (Å²) in [5.74, 6) is -0.734. The Hall–Kier alpha value is -2.01. The molecule has 100 valence electrons. The summed E-state index contributed by atoms with van der Waals surface area (Å²) in [4.78, 5) is 4.05. The van der Waals surface area contributed by atoms with Gasteiger partial charge in [0.05, 0.1) is 12.8 Å². The van der Waals surface area contributed by atoms with Gasteiger partial charge in [-0.15, -0.1) is 0 Å². The Morgan fingerprint density at radius 2 is 2.05 bits per heavy atom. The van der Waals surface area contributed by atoms with Crippen LogP contribution in [0.1, 0.15) is 17.4 Å². The zero-order chi connectivity index (χ0) is 13.8. The first kappa shape index (κ1) is 13.4. The Kier molecular flexibility index (Phi) is 4.06. The number of rotatable bonds is 4. The third-order valence-electron chi connectivity index (χ3n) is 2.72. The quantitative estimate of drug-likeness (QED) is 0.924. The lowest BCUT2D eigenvalue weighted by molar-refractivity contribution is 0.171. The van der Waals surface area contributed by atoms with Gasteiger partial charge in [0.2, 0.25) is 5.88 Å². The molecule has 2 rings (SSSR count). The molecular weight excluding hydrogens is 252 g/mol. The molecule has 3 nitrogen and oxygen atoms in total. The highest BCUT2D eigenvalue weighted by Gasteiger charge is 2.14. The van der Waals surface area contributed by atoms with Crippen molar-refractivity contribution in [2.75, 3.05) is 7.11 Å². The number of hydrogen-bond donors (Lipinski definition) is 1. The molecular formula is C14H13F2NO2. The van der Waals surface area contributed by atoms with Gasteiger partial charge in [0, 0.05) is 12.5 Å². The van der Waals surface area contributed by atoms with Crippen LogP contribution in [0, 0.1) is 11.6 Å². The summed E-state index contributed by atoms with van der Waals surface area (Å²) < 4.78 is 31.4. The predicted octanol–water partition coefficient (Wildman–Crippen LogP) is 2.64. The van der Waals surface area contributed by atoms with Crippen LogP contribution in [0.15, 0.2) is 36.4 Å². The molecule has 5 heteroatoms. The minimum atomic E-state index is -1.02. The fourth-order valence-electron chi connectivity index (χ4n) is 1.74. The zero-order valence-electron chi connectivity index (χ0n) is 10.3. The van der Waals surface area contributed by atoms with Gasteiger partial charge in [0.1, 0.15) is 17.7 Å². The largest absolute Gasteiger partial charge is 0.481 e. The molecule has 1 aromatic carbocycles. The minimum absolute atomic E-state index is 0.0518. The highest BCUT2D eigenvalue weighted by Crippen LogP contribution is 2.21. The summed E-state index contributed by atoms with van der Waals surface area (Å²) in [6.07, 6.45) is -1.07. The van der Waals surface area contributed by atoms with Crippen molar-refractivity contribution in [3.05, 3.63) is 59.3 Å². The number of hydrogen-bond acceptors (Lipinski definition) is 3. The molecule has 0 fully saturated rings. The molecule has 19 heavy (non-hydrogen) atoms. The summed E-state index contributed by atoms with van der Waals surface area (Å²) in [7, 11) is 1.46. The monoisotopic (exact) mass is 265 g/mol. The van der Waals surface area contributed by atoms with Crippen molar-refractivity contribution in [2.45, 2.75) is 12.5 Å². The van der Waals surface area contributed by atoms with Crippen molar-refractivity contribution in [3.63, 3.8) is 0 Å². The molecule has 1 unspecified atom stereocenters. The molecule has 1 aromatic heterocycles. The van der Waals surface area contributed by atoms with E-state index in [9.17, 15) is 13.9 Å². The molecule has 0 saturated heterocycles. The third-order valence-corrected chi connectivity index (χ3v) is 2.72. The smallest absolute Gasteiger partial charge is 0.213 e. The average Bonchev–Trinajstić information content (AvgIpc) is 2.43. The van der Waals surface area contributed by atoms with E-state index in [2.05, 4.69) is 4.98 Å². The third kappa shape index (κ3) is 3.26. The number of ether oxygens (including phenoxy) is 1. The molecule has 0 amide bonds. The normalized spacial score (nSPS) is 12.2. The van der Waals surface area contributed by atoms with Gasteiger partial charge in [0.15, 0.2) is 0 Å². The van der Waals surface area contributed by atoms with E-state index in [0.717, 1.165) is 18.2 Å². The number of aromatic nitrogens is 1. The second-order valence-corrected chi connectivity index (χ2v) is 4.06. The van der Waals surface area contributed by atoms with Crippen LogP contribution < -0.4 is 4.74 Å². The highest BCUT2D eigenvalue weighted by molar-refractivity contribution is 5.23. The van der Waals surface area contributed by atoms with Crippen LogP contribution in [0.2, 0.25) is 0 Å². The van der Waals surface area contributed by atoms with E-state index in [1.54, 1.807) is 18.2 Å². The van der Waals surface area contributed by atoms with Crippen LogP contribution in [0.5, 0.6) is 5.88 Å². The lowest BCUT2D eigenvalue weighted by Crippen LogP contribution is -2.06. The SMILES string of the molecule is COc1cccc(C(O)Cc2cc(F)ccc2F)n1. The minimum Gasteiger partial charge on any atom is -0.481 e. The van der Waals surface area contributed by atoms with Crippen molar-refractivity contribution in [3.8, 4) is 5.88 Å². The van der Waals surface area contributed by atoms with E-state index in [-0.39, 0.29) is 12.0 Å². The second kappa shape index (κ2) is 5.75. The van der Waals surface area contributed by atoms with E-state index in [1.807, 2.05) is 0 Å². The molecule has 0 radical (unpaired) electrons. The highest BCUT2D eigenvalue weighted by atomic mass is 19.1. The number of aliphatic hydroxyl groups excluding tert-OH is 1. The van der Waals surface area contributed by atoms with Gasteiger partial charge < -0.3 is 9.84 Å². The van der Waals surface area contributed by atoms with Gasteiger partial charge in [-0.25, -0.2) is 13.8 Å². The Bertz CT molecular complexity index is 575. The van der Waals surface area contributed by atoms with E-state index in [1.165, 1.54) is 7.11 Å². The topological polar surface area (TPSA) is 42.4 Å². The Labute approximate surface area is 109 Å². The maximum Gasteiger partial charge on any atom is 0.213 e. The van der Waals surface area contributed by atoms with Crippen LogP contribution in [-0.4, -0.2) is 17.2 Å². The Morgan fingerprint density at radius 1 is 1.26 bits per heavy atom. The molecule has 1 heterocycles. The maximum atomic E-state index is 13.5. The molecule has 0 aliphatic heterocycles. The van der Waals surface area contributed by atoms with Crippen molar-refractivity contribution >= 4 is 0 Å². The Balaban J connectivity index is 2.20. The average molecular weight is 265 g/mol. The molecule has 0 aliphatic rings. The number of nitrogens with zero attached hydrogens (tertiary/aromatic N) is 1. The zero-order valence-corrected chi connectivity index (χ0v) is 10.3. The first-order valence-electron chi connectivity index (χ1n) is 5.73. The van der Waals surface area contributed by atoms with E-state index in [0.29, 0.717) is 11.6 Å². The Morgan fingerprint density at radius 3 is 2.79 bits per heavy atom. The van der Waals surface area contributed by atoms with Gasteiger partial charge in [-0.3, -0.25) is 0 Å². The van der Waals surface area contributed by atoms with Crippen LogP contribution in [0.25, 0.3) is 0 Å². The van der Waals surface area contributed by atoms with Crippen LogP contribution in [-0.2, 0) is 6.42 Å². The molecule has 1 atom stereocenters. The van der Waals surface area contributed by atoms with Crippen molar-refractivity contribution in [1.29, 1.82) is 0 Å². The number of benzene rings is 1. The molecule has 1 N–H and O–H groups in total. The summed E-state index contributed by atoms with van der Waals surface area (Å²) in [5, 5.41) is 10.0. The summed E-state index contributed by atoms with van der Waals surface area (Å²) in [6, 6.07) is 8.06. The van der Waals surface area contributed by atoms with Crippen molar-refractivity contribution in [2.24, 2.45) is 0 Å². The molecule has 2 aromatic rings. The van der Waals surface area contributed by atoms with E-state index >= 15 is 0 Å². The fourth-order valence-corrected chi connectivity index (χ4v) is 1.74. The summed E-state index contributed by atoms with van der Waals surface area (Å²) >= 11 is 0. The molecule has 0 saturated carbocycles. The maximum absolute atomic E-state index is 13.5. The number of aliphatic hydroxyl groups is 1. The van der Waals surface area contributed by atoms with Crippen LogP contribution in [0.4, 0.5) is 8.78 Å². The lowest BCUT2D eigenvalue weighted by atomic mass is 10.0. The predicted molar refractivity (Wildman–Crippen MR) is 65.8 cm³/mol. The number of halogens is 2. The summed E-state index contributed by atoms with van der Waals surface area (Å²) in [5.41, 5.74) is 0.458. The molecule has 0 bridgehead atoms. The van der Waals surface area contributed by atoms with Gasteiger partial charge in [-0.05, 0) is 29.8 Å². The van der Waals surface area contributed by atoms with Gasteiger partial charge in [0.25, 0.3) is 0 Å². The van der Waals surface area contributed by atoms with Gasteiger partial charge in [-0.1, -0.05) is 6.07 Å². The number of methoxy groups -OCH3 is 1. The molecule has 0 spiro atoms. The first-order chi connectivity index (χ1) is 9.10. The van der Waals surface area contributed by atoms with Crippen LogP contribution in [0.3, 0.4) is 0 Å². The first-order valence-corrected chi connectivity index (χ1v) is 5.73. The van der Waals surface area contributed by atoms with Crippen molar-refractivity contribution in [1.82, 2.24) is 4.98 Å². The van der Waals surface area contributed by atoms with E-state index in [4.69, 9.17) is 4.74 Å². The summed E-state index contributed by atoms with van der Waals surface area (Å²) in [6.45, 7) is 0. The lowest BCUT2D eigenvalue weighted by Gasteiger charge is -2.11. The van der Waals surface area contributed by atoms with E-state index < -0.39 is 17.7 Å².